The summed E-state index contributed by atoms with van der Waals surface area (Å²) in [7, 11) is 2.01. The van der Waals surface area contributed by atoms with Crippen molar-refractivity contribution in [2.75, 3.05) is 26.7 Å². The minimum absolute atomic E-state index is 0.858. The highest BCUT2D eigenvalue weighted by atomic mass is 15.2. The predicted molar refractivity (Wildman–Crippen MR) is 44.2 cm³/mol. The zero-order valence-corrected chi connectivity index (χ0v) is 7.06. The number of nitrogens with zero attached hydrogens (tertiary/aromatic N) is 1. The summed E-state index contributed by atoms with van der Waals surface area (Å²) in [5.74, 6) is 0. The van der Waals surface area contributed by atoms with Crippen molar-refractivity contribution in [1.82, 2.24) is 10.2 Å². The van der Waals surface area contributed by atoms with Crippen LogP contribution in [0.5, 0.6) is 0 Å². The lowest BCUT2D eigenvalue weighted by molar-refractivity contribution is 0.104. The van der Waals surface area contributed by atoms with E-state index < -0.39 is 0 Å². The lowest BCUT2D eigenvalue weighted by Gasteiger charge is -2.38. The summed E-state index contributed by atoms with van der Waals surface area (Å²) in [6.45, 7) is 6.07. The van der Waals surface area contributed by atoms with E-state index in [-0.39, 0.29) is 0 Å². The van der Waals surface area contributed by atoms with Crippen molar-refractivity contribution in [3.8, 4) is 0 Å². The molecule has 0 aromatic heterocycles. The summed E-state index contributed by atoms with van der Waals surface area (Å²) in [5, 5.41) is 3.16. The van der Waals surface area contributed by atoms with E-state index in [4.69, 9.17) is 0 Å². The first-order valence-electron chi connectivity index (χ1n) is 4.23. The van der Waals surface area contributed by atoms with Crippen molar-refractivity contribution in [2.45, 2.75) is 25.8 Å². The molecule has 1 aliphatic heterocycles. The predicted octanol–water partition coefficient (Wildman–Crippen LogP) is 0.690. The van der Waals surface area contributed by atoms with Crippen LogP contribution in [0.25, 0.3) is 0 Å². The van der Waals surface area contributed by atoms with E-state index in [9.17, 15) is 0 Å². The van der Waals surface area contributed by atoms with Gasteiger partial charge in [0, 0.05) is 6.04 Å². The van der Waals surface area contributed by atoms with Gasteiger partial charge in [-0.3, -0.25) is 0 Å². The maximum absolute atomic E-state index is 3.16. The molecule has 1 aliphatic rings. The van der Waals surface area contributed by atoms with Gasteiger partial charge in [0.15, 0.2) is 0 Å². The van der Waals surface area contributed by atoms with E-state index in [0.29, 0.717) is 0 Å². The molecule has 1 unspecified atom stereocenters. The average Bonchev–Trinajstić information content (AvgIpc) is 1.95. The maximum Gasteiger partial charge on any atom is 0.00791 e. The summed E-state index contributed by atoms with van der Waals surface area (Å²) in [6, 6.07) is 0.858. The zero-order chi connectivity index (χ0) is 7.40. The van der Waals surface area contributed by atoms with Crippen molar-refractivity contribution >= 4 is 0 Å². The molecule has 0 bridgehead atoms. The Morgan fingerprint density at radius 1 is 1.60 bits per heavy atom. The summed E-state index contributed by atoms with van der Waals surface area (Å²) < 4.78 is 0. The van der Waals surface area contributed by atoms with Crippen LogP contribution in [0.1, 0.15) is 19.8 Å². The highest BCUT2D eigenvalue weighted by Crippen LogP contribution is 2.15. The van der Waals surface area contributed by atoms with Gasteiger partial charge in [-0.1, -0.05) is 0 Å². The fourth-order valence-electron chi connectivity index (χ4n) is 1.36. The van der Waals surface area contributed by atoms with Crippen LogP contribution in [0.2, 0.25) is 0 Å². The Bertz CT molecular complexity index is 93.3. The fraction of sp³-hybridized carbons (Fsp3) is 1.00. The van der Waals surface area contributed by atoms with Crippen molar-refractivity contribution < 1.29 is 0 Å². The van der Waals surface area contributed by atoms with E-state index in [1.165, 1.54) is 25.9 Å². The third-order valence-corrected chi connectivity index (χ3v) is 2.33. The third kappa shape index (κ3) is 1.96. The van der Waals surface area contributed by atoms with E-state index in [2.05, 4.69) is 17.1 Å². The van der Waals surface area contributed by atoms with Crippen LogP contribution in [0.4, 0.5) is 0 Å². The second-order valence-electron chi connectivity index (χ2n) is 3.13. The highest BCUT2D eigenvalue weighted by molar-refractivity contribution is 4.77. The first-order valence-corrected chi connectivity index (χ1v) is 4.23. The normalized spacial score (nSPS) is 26.4. The molecule has 1 saturated heterocycles. The van der Waals surface area contributed by atoms with Gasteiger partial charge in [0.25, 0.3) is 0 Å². The largest absolute Gasteiger partial charge is 0.320 e. The van der Waals surface area contributed by atoms with E-state index in [1.54, 1.807) is 0 Å². The molecular formula is C8H18N2. The molecular weight excluding hydrogens is 124 g/mol. The molecule has 1 rings (SSSR count). The first kappa shape index (κ1) is 8.02. The van der Waals surface area contributed by atoms with Gasteiger partial charge in [-0.25, -0.2) is 0 Å². The van der Waals surface area contributed by atoms with E-state index in [1.807, 2.05) is 7.05 Å². The molecule has 2 nitrogen and oxygen atoms in total. The van der Waals surface area contributed by atoms with Gasteiger partial charge >= 0.3 is 0 Å². The Balaban J connectivity index is 1.92. The van der Waals surface area contributed by atoms with Gasteiger partial charge < -0.3 is 10.2 Å². The van der Waals surface area contributed by atoms with Crippen LogP contribution >= 0.6 is 0 Å². The minimum atomic E-state index is 0.858. The Hall–Kier alpha value is -0.0800. The van der Waals surface area contributed by atoms with E-state index >= 15 is 0 Å². The van der Waals surface area contributed by atoms with Crippen molar-refractivity contribution in [3.05, 3.63) is 0 Å². The van der Waals surface area contributed by atoms with Crippen LogP contribution in [0.3, 0.4) is 0 Å². The molecule has 2 heteroatoms. The maximum atomic E-state index is 3.16. The molecule has 1 fully saturated rings. The van der Waals surface area contributed by atoms with Crippen molar-refractivity contribution in [3.63, 3.8) is 0 Å². The van der Waals surface area contributed by atoms with Crippen LogP contribution < -0.4 is 5.32 Å². The number of nitrogens with one attached hydrogen (secondary N) is 1. The second-order valence-corrected chi connectivity index (χ2v) is 3.13. The number of likely N-dealkylation sites (tertiary alicyclic amines) is 1. The zero-order valence-electron chi connectivity index (χ0n) is 7.06. The molecule has 0 spiro atoms. The molecule has 0 aliphatic carbocycles. The molecule has 0 aromatic carbocycles. The first-order chi connectivity index (χ1) is 4.84. The van der Waals surface area contributed by atoms with Gasteiger partial charge in [0.2, 0.25) is 0 Å². The lowest BCUT2D eigenvalue weighted by atomic mass is 10.1. The minimum Gasteiger partial charge on any atom is -0.320 e. The summed E-state index contributed by atoms with van der Waals surface area (Å²) in [5.41, 5.74) is 0. The van der Waals surface area contributed by atoms with Crippen LogP contribution in [0, 0.1) is 0 Å². The van der Waals surface area contributed by atoms with Gasteiger partial charge in [-0.15, -0.1) is 0 Å². The summed E-state index contributed by atoms with van der Waals surface area (Å²) >= 11 is 0. The smallest absolute Gasteiger partial charge is 0.00791 e. The number of hydrogen-bond acceptors (Lipinski definition) is 2. The fourth-order valence-corrected chi connectivity index (χ4v) is 1.36. The number of hydrogen-bond donors (Lipinski definition) is 1. The monoisotopic (exact) mass is 142 g/mol. The topological polar surface area (TPSA) is 15.3 Å². The van der Waals surface area contributed by atoms with E-state index in [0.717, 1.165) is 12.6 Å². The Labute approximate surface area is 63.6 Å². The molecule has 0 radical (unpaired) electrons. The highest BCUT2D eigenvalue weighted by Gasteiger charge is 2.21. The van der Waals surface area contributed by atoms with Crippen LogP contribution in [0.15, 0.2) is 0 Å². The Kier molecular flexibility index (Phi) is 3.16. The third-order valence-electron chi connectivity index (χ3n) is 2.33. The van der Waals surface area contributed by atoms with Gasteiger partial charge in [-0.05, 0) is 46.4 Å². The second kappa shape index (κ2) is 3.94. The molecule has 1 N–H and O–H groups in total. The summed E-state index contributed by atoms with van der Waals surface area (Å²) in [4.78, 5) is 2.54. The molecule has 0 amide bonds. The quantitative estimate of drug-likeness (QED) is 0.581. The molecule has 10 heavy (non-hydrogen) atoms. The van der Waals surface area contributed by atoms with Crippen molar-refractivity contribution in [2.24, 2.45) is 0 Å². The Morgan fingerprint density at radius 2 is 2.40 bits per heavy atom. The van der Waals surface area contributed by atoms with Gasteiger partial charge in [0.05, 0.1) is 0 Å². The molecule has 1 atom stereocenters. The van der Waals surface area contributed by atoms with Gasteiger partial charge in [-0.2, -0.15) is 0 Å². The molecule has 60 valence electrons. The molecule has 1 heterocycles. The summed E-state index contributed by atoms with van der Waals surface area (Å²) in [6.07, 6.45) is 2.69. The van der Waals surface area contributed by atoms with Crippen LogP contribution in [-0.4, -0.2) is 37.6 Å². The lowest BCUT2D eigenvalue weighted by Crippen LogP contribution is -2.46. The van der Waals surface area contributed by atoms with Gasteiger partial charge in [0.1, 0.15) is 0 Å². The van der Waals surface area contributed by atoms with Crippen LogP contribution in [-0.2, 0) is 0 Å². The average molecular weight is 142 g/mol. The standard InChI is InChI=1S/C8H18N2/c1-8-4-7-10(8)6-3-5-9-2/h8-9H,3-7H2,1-2H3. The SMILES string of the molecule is CNCCCN1CCC1C. The molecule has 0 saturated carbocycles. The molecule has 0 aromatic rings. The number of rotatable bonds is 4. The van der Waals surface area contributed by atoms with Crippen molar-refractivity contribution in [1.29, 1.82) is 0 Å². The Morgan fingerprint density at radius 3 is 2.80 bits per heavy atom.